The second-order valence-corrected chi connectivity index (χ2v) is 8.34. The first kappa shape index (κ1) is 22.0. The number of rotatable bonds is 8. The lowest BCUT2D eigenvalue weighted by Gasteiger charge is -2.36. The Morgan fingerprint density at radius 2 is 1.72 bits per heavy atom. The van der Waals surface area contributed by atoms with Crippen LogP contribution in [0, 0.1) is 5.92 Å². The molecule has 0 unspecified atom stereocenters. The molecule has 1 saturated carbocycles. The molecule has 2 N–H and O–H groups in total. The Hall–Kier alpha value is -3.22. The van der Waals surface area contributed by atoms with Gasteiger partial charge in [0.25, 0.3) is 0 Å². The molecule has 7 heteroatoms. The van der Waals surface area contributed by atoms with Crippen LogP contribution in [0.1, 0.15) is 18.4 Å². The second-order valence-electron chi connectivity index (χ2n) is 8.34. The highest BCUT2D eigenvalue weighted by Crippen LogP contribution is 2.30. The number of piperazine rings is 1. The number of carbonyl (C=O) groups excluding carboxylic acids is 1. The fourth-order valence-electron chi connectivity index (χ4n) is 3.81. The van der Waals surface area contributed by atoms with E-state index in [0.717, 1.165) is 44.1 Å². The third-order valence-electron chi connectivity index (χ3n) is 5.97. The zero-order chi connectivity index (χ0) is 22.2. The maximum Gasteiger partial charge on any atom is 0.242 e. The normalized spacial score (nSPS) is 16.6. The zero-order valence-electron chi connectivity index (χ0n) is 18.8. The summed E-state index contributed by atoms with van der Waals surface area (Å²) in [5.41, 5.74) is 2.29. The number of nitrogens with zero attached hydrogens (tertiary/aromatic N) is 3. The highest BCUT2D eigenvalue weighted by Gasteiger charge is 2.23. The molecule has 0 spiro atoms. The van der Waals surface area contributed by atoms with Crippen LogP contribution in [0.3, 0.4) is 0 Å². The molecule has 2 aromatic carbocycles. The van der Waals surface area contributed by atoms with E-state index in [2.05, 4.69) is 38.7 Å². The van der Waals surface area contributed by atoms with Gasteiger partial charge in [0.2, 0.25) is 5.91 Å². The van der Waals surface area contributed by atoms with Crippen LogP contribution in [-0.4, -0.2) is 63.1 Å². The van der Waals surface area contributed by atoms with E-state index in [0.29, 0.717) is 18.4 Å². The van der Waals surface area contributed by atoms with Gasteiger partial charge in [0.1, 0.15) is 5.75 Å². The molecule has 0 bridgehead atoms. The molecular weight excluding hydrogens is 402 g/mol. The van der Waals surface area contributed by atoms with Gasteiger partial charge in [0.05, 0.1) is 13.2 Å². The van der Waals surface area contributed by atoms with Crippen LogP contribution in [0.5, 0.6) is 5.75 Å². The van der Waals surface area contributed by atoms with Crippen LogP contribution in [0.25, 0.3) is 0 Å². The van der Waals surface area contributed by atoms with Crippen LogP contribution in [0.2, 0.25) is 0 Å². The zero-order valence-corrected chi connectivity index (χ0v) is 18.8. The lowest BCUT2D eigenvalue weighted by Crippen LogP contribution is -2.52. The highest BCUT2D eigenvalue weighted by molar-refractivity contribution is 5.86. The summed E-state index contributed by atoms with van der Waals surface area (Å²) in [5.74, 6) is 2.33. The van der Waals surface area contributed by atoms with Crippen LogP contribution in [0.4, 0.5) is 5.69 Å². The fourth-order valence-corrected chi connectivity index (χ4v) is 3.81. The topological polar surface area (TPSA) is 69.2 Å². The molecular formula is C25H33N5O2. The molecule has 2 aliphatic rings. The average molecular weight is 436 g/mol. The van der Waals surface area contributed by atoms with Crippen molar-refractivity contribution in [3.05, 3.63) is 60.2 Å². The minimum atomic E-state index is 0.0915. The van der Waals surface area contributed by atoms with Crippen molar-refractivity contribution in [1.29, 1.82) is 0 Å². The summed E-state index contributed by atoms with van der Waals surface area (Å²) in [6.07, 6.45) is 2.54. The van der Waals surface area contributed by atoms with Gasteiger partial charge in [0.15, 0.2) is 5.96 Å². The van der Waals surface area contributed by atoms with E-state index in [1.54, 1.807) is 7.05 Å². The number of hydrogen-bond donors (Lipinski definition) is 2. The van der Waals surface area contributed by atoms with Gasteiger partial charge in [-0.1, -0.05) is 36.4 Å². The minimum Gasteiger partial charge on any atom is -0.493 e. The summed E-state index contributed by atoms with van der Waals surface area (Å²) in [4.78, 5) is 21.2. The van der Waals surface area contributed by atoms with Crippen molar-refractivity contribution in [2.75, 3.05) is 51.3 Å². The van der Waals surface area contributed by atoms with Crippen molar-refractivity contribution in [2.45, 2.75) is 19.4 Å². The van der Waals surface area contributed by atoms with Crippen LogP contribution in [0.15, 0.2) is 59.6 Å². The number of para-hydroxylation sites is 2. The molecule has 2 fully saturated rings. The number of amides is 1. The summed E-state index contributed by atoms with van der Waals surface area (Å²) < 4.78 is 5.98. The standard InChI is InChI=1S/C25H33N5O2/c1-26-25(27-17-21-7-5-6-10-23(21)32-19-20-11-12-20)28-18-24(31)30-15-13-29(14-16-30)22-8-3-2-4-9-22/h2-10,20H,11-19H2,1H3,(H2,26,27,28). The van der Waals surface area contributed by atoms with E-state index in [-0.39, 0.29) is 12.5 Å². The van der Waals surface area contributed by atoms with Crippen LogP contribution < -0.4 is 20.3 Å². The van der Waals surface area contributed by atoms with E-state index in [9.17, 15) is 4.79 Å². The first-order valence-corrected chi connectivity index (χ1v) is 11.5. The maximum absolute atomic E-state index is 12.7. The van der Waals surface area contributed by atoms with Gasteiger partial charge in [-0.2, -0.15) is 0 Å². The lowest BCUT2D eigenvalue weighted by molar-refractivity contribution is -0.130. The molecule has 1 aliphatic carbocycles. The Labute approximate surface area is 190 Å². The molecule has 1 saturated heterocycles. The monoisotopic (exact) mass is 435 g/mol. The Kier molecular flexibility index (Phi) is 7.48. The molecule has 0 radical (unpaired) electrons. The Bertz CT molecular complexity index is 906. The average Bonchev–Trinajstić information content (AvgIpc) is 3.68. The third kappa shape index (κ3) is 6.15. The van der Waals surface area contributed by atoms with Gasteiger partial charge in [-0.25, -0.2) is 0 Å². The van der Waals surface area contributed by atoms with E-state index in [1.807, 2.05) is 41.3 Å². The number of nitrogens with one attached hydrogen (secondary N) is 2. The molecule has 32 heavy (non-hydrogen) atoms. The SMILES string of the molecule is CN=C(NCC(=O)N1CCN(c2ccccc2)CC1)NCc1ccccc1OCC1CC1. The van der Waals surface area contributed by atoms with Crippen molar-refractivity contribution in [1.82, 2.24) is 15.5 Å². The number of ether oxygens (including phenoxy) is 1. The van der Waals surface area contributed by atoms with Gasteiger partial charge in [-0.15, -0.1) is 0 Å². The third-order valence-corrected chi connectivity index (χ3v) is 5.97. The van der Waals surface area contributed by atoms with Crippen LogP contribution >= 0.6 is 0 Å². The largest absolute Gasteiger partial charge is 0.493 e. The number of hydrogen-bond acceptors (Lipinski definition) is 4. The predicted octanol–water partition coefficient (Wildman–Crippen LogP) is 2.49. The second kappa shape index (κ2) is 10.9. The smallest absolute Gasteiger partial charge is 0.242 e. The molecule has 4 rings (SSSR count). The Morgan fingerprint density at radius 1 is 1.00 bits per heavy atom. The maximum atomic E-state index is 12.7. The summed E-state index contributed by atoms with van der Waals surface area (Å²) >= 11 is 0. The molecule has 7 nitrogen and oxygen atoms in total. The predicted molar refractivity (Wildman–Crippen MR) is 128 cm³/mol. The Morgan fingerprint density at radius 3 is 2.44 bits per heavy atom. The molecule has 1 amide bonds. The van der Waals surface area contributed by atoms with E-state index < -0.39 is 0 Å². The number of guanidine groups is 1. The van der Waals surface area contributed by atoms with Crippen molar-refractivity contribution < 1.29 is 9.53 Å². The summed E-state index contributed by atoms with van der Waals surface area (Å²) in [6.45, 7) is 4.76. The van der Waals surface area contributed by atoms with Crippen molar-refractivity contribution >= 4 is 17.6 Å². The number of carbonyl (C=O) groups is 1. The summed E-state index contributed by atoms with van der Waals surface area (Å²) in [6, 6.07) is 18.4. The molecule has 0 atom stereocenters. The van der Waals surface area contributed by atoms with Gasteiger partial charge in [0, 0.05) is 51.0 Å². The van der Waals surface area contributed by atoms with Crippen molar-refractivity contribution in [3.63, 3.8) is 0 Å². The molecule has 1 heterocycles. The molecule has 1 aliphatic heterocycles. The van der Waals surface area contributed by atoms with Gasteiger partial charge >= 0.3 is 0 Å². The first-order chi connectivity index (χ1) is 15.7. The first-order valence-electron chi connectivity index (χ1n) is 11.5. The number of anilines is 1. The van der Waals surface area contributed by atoms with Crippen LogP contribution in [-0.2, 0) is 11.3 Å². The van der Waals surface area contributed by atoms with Crippen molar-refractivity contribution in [2.24, 2.45) is 10.9 Å². The minimum absolute atomic E-state index is 0.0915. The summed E-state index contributed by atoms with van der Waals surface area (Å²) in [5, 5.41) is 6.45. The van der Waals surface area contributed by atoms with E-state index in [4.69, 9.17) is 4.74 Å². The lowest BCUT2D eigenvalue weighted by atomic mass is 10.2. The number of aliphatic imine (C=N–C) groups is 1. The van der Waals surface area contributed by atoms with E-state index in [1.165, 1.54) is 18.5 Å². The van der Waals surface area contributed by atoms with Gasteiger partial charge in [-0.3, -0.25) is 9.79 Å². The van der Waals surface area contributed by atoms with Gasteiger partial charge < -0.3 is 25.2 Å². The van der Waals surface area contributed by atoms with E-state index >= 15 is 0 Å². The molecule has 170 valence electrons. The summed E-state index contributed by atoms with van der Waals surface area (Å²) in [7, 11) is 1.72. The Balaban J connectivity index is 1.21. The highest BCUT2D eigenvalue weighted by atomic mass is 16.5. The number of benzene rings is 2. The van der Waals surface area contributed by atoms with Gasteiger partial charge in [-0.05, 0) is 37.0 Å². The molecule has 2 aromatic rings. The fraction of sp³-hybridized carbons (Fsp3) is 0.440. The molecule has 0 aromatic heterocycles. The van der Waals surface area contributed by atoms with Crippen molar-refractivity contribution in [3.8, 4) is 5.75 Å². The quantitative estimate of drug-likeness (QED) is 0.493.